The van der Waals surface area contributed by atoms with E-state index in [9.17, 15) is 9.59 Å². The van der Waals surface area contributed by atoms with Crippen LogP contribution in [0.4, 0.5) is 16.6 Å². The summed E-state index contributed by atoms with van der Waals surface area (Å²) in [5.74, 6) is 1.12. The Hall–Kier alpha value is -3.95. The molecule has 3 aromatic rings. The molecule has 4 heterocycles. The Kier molecular flexibility index (Phi) is 6.34. The van der Waals surface area contributed by atoms with Crippen LogP contribution in [-0.2, 0) is 13.1 Å². The van der Waals surface area contributed by atoms with Crippen LogP contribution in [0.2, 0.25) is 0 Å². The average Bonchev–Trinajstić information content (AvgIpc) is 3.23. The minimum Gasteiger partial charge on any atom is -0.365 e. The molecule has 1 N–H and O–H groups in total. The Balaban J connectivity index is 1.41. The van der Waals surface area contributed by atoms with E-state index in [2.05, 4.69) is 16.4 Å². The smallest absolute Gasteiger partial charge is 0.319 e. The highest BCUT2D eigenvalue weighted by Crippen LogP contribution is 2.31. The van der Waals surface area contributed by atoms with Gasteiger partial charge >= 0.3 is 6.03 Å². The van der Waals surface area contributed by atoms with E-state index >= 15 is 0 Å². The van der Waals surface area contributed by atoms with Gasteiger partial charge in [-0.15, -0.1) is 0 Å². The molecule has 1 aromatic carbocycles. The molecule has 188 valence electrons. The van der Waals surface area contributed by atoms with Gasteiger partial charge < -0.3 is 24.9 Å². The lowest BCUT2D eigenvalue weighted by Crippen LogP contribution is -2.52. The summed E-state index contributed by atoms with van der Waals surface area (Å²) in [5.41, 5.74) is 3.27. The second-order valence-electron chi connectivity index (χ2n) is 9.77. The lowest BCUT2D eigenvalue weighted by molar-refractivity contribution is 0.0726. The summed E-state index contributed by atoms with van der Waals surface area (Å²) in [4.78, 5) is 46.9. The van der Waals surface area contributed by atoms with Crippen molar-refractivity contribution < 1.29 is 9.59 Å². The van der Waals surface area contributed by atoms with Crippen molar-refractivity contribution in [2.75, 3.05) is 50.5 Å². The van der Waals surface area contributed by atoms with Crippen molar-refractivity contribution in [1.29, 1.82) is 0 Å². The predicted octanol–water partition coefficient (Wildman–Crippen LogP) is 2.80. The zero-order chi connectivity index (χ0) is 25.4. The maximum absolute atomic E-state index is 13.2. The van der Waals surface area contributed by atoms with Crippen molar-refractivity contribution in [2.24, 2.45) is 0 Å². The van der Waals surface area contributed by atoms with Gasteiger partial charge in [0.15, 0.2) is 0 Å². The molecule has 0 atom stereocenters. The van der Waals surface area contributed by atoms with Gasteiger partial charge in [-0.3, -0.25) is 9.78 Å². The fourth-order valence-electron chi connectivity index (χ4n) is 4.66. The summed E-state index contributed by atoms with van der Waals surface area (Å²) < 4.78 is 0. The maximum atomic E-state index is 13.2. The Labute approximate surface area is 210 Å². The second-order valence-corrected chi connectivity index (χ2v) is 9.77. The Morgan fingerprint density at radius 1 is 1.11 bits per heavy atom. The second kappa shape index (κ2) is 9.60. The van der Waals surface area contributed by atoms with Crippen molar-refractivity contribution in [3.05, 3.63) is 53.3 Å². The number of urea groups is 1. The van der Waals surface area contributed by atoms with Crippen molar-refractivity contribution in [1.82, 2.24) is 29.7 Å². The first kappa shape index (κ1) is 23.8. The topological polar surface area (TPSA) is 97.8 Å². The first-order valence-electron chi connectivity index (χ1n) is 12.3. The summed E-state index contributed by atoms with van der Waals surface area (Å²) in [6.07, 6.45) is 1.87. The van der Waals surface area contributed by atoms with Crippen LogP contribution in [-0.4, -0.2) is 87.9 Å². The number of anilines is 2. The number of aromatic nitrogens is 3. The summed E-state index contributed by atoms with van der Waals surface area (Å²) in [5, 5.41) is 4.54. The maximum Gasteiger partial charge on any atom is 0.319 e. The fourth-order valence-corrected chi connectivity index (χ4v) is 4.66. The van der Waals surface area contributed by atoms with Crippen LogP contribution in [0.1, 0.15) is 35.5 Å². The van der Waals surface area contributed by atoms with Crippen LogP contribution in [0.5, 0.6) is 0 Å². The van der Waals surface area contributed by atoms with Gasteiger partial charge in [-0.25, -0.2) is 9.78 Å². The summed E-state index contributed by atoms with van der Waals surface area (Å²) in [7, 11) is 3.51. The molecule has 2 aliphatic rings. The van der Waals surface area contributed by atoms with Crippen LogP contribution in [0.25, 0.3) is 10.9 Å². The molecule has 0 unspecified atom stereocenters. The number of piperazine rings is 1. The minimum absolute atomic E-state index is 0.00127. The van der Waals surface area contributed by atoms with Crippen LogP contribution in [0.3, 0.4) is 0 Å². The van der Waals surface area contributed by atoms with E-state index in [1.54, 1.807) is 19.0 Å². The molecule has 0 aliphatic carbocycles. The van der Waals surface area contributed by atoms with Gasteiger partial charge in [0, 0.05) is 70.0 Å². The van der Waals surface area contributed by atoms with E-state index in [0.717, 1.165) is 22.0 Å². The number of carbonyl (C=O) groups excluding carboxylic acids is 2. The Morgan fingerprint density at radius 3 is 2.58 bits per heavy atom. The number of hydrogen-bond donors (Lipinski definition) is 1. The highest BCUT2D eigenvalue weighted by Gasteiger charge is 2.35. The molecule has 2 aromatic heterocycles. The summed E-state index contributed by atoms with van der Waals surface area (Å²) in [6.45, 7) is 7.39. The van der Waals surface area contributed by atoms with E-state index in [0.29, 0.717) is 56.7 Å². The zero-order valence-electron chi connectivity index (χ0n) is 21.2. The van der Waals surface area contributed by atoms with Crippen molar-refractivity contribution in [2.45, 2.75) is 33.0 Å². The molecule has 10 nitrogen and oxygen atoms in total. The third-order valence-electron chi connectivity index (χ3n) is 6.73. The lowest BCUT2D eigenvalue weighted by atomic mass is 10.1. The predicted molar refractivity (Wildman–Crippen MR) is 139 cm³/mol. The number of fused-ring (bicyclic) bond motifs is 2. The van der Waals surface area contributed by atoms with E-state index in [1.807, 2.05) is 59.0 Å². The number of hydrogen-bond acceptors (Lipinski definition) is 7. The van der Waals surface area contributed by atoms with Gasteiger partial charge in [0.2, 0.25) is 5.95 Å². The van der Waals surface area contributed by atoms with Crippen LogP contribution < -0.4 is 10.2 Å². The number of para-hydroxylation sites is 1. The molecule has 10 heteroatoms. The van der Waals surface area contributed by atoms with Crippen molar-refractivity contribution in [3.8, 4) is 0 Å². The molecule has 3 amide bonds. The third kappa shape index (κ3) is 4.50. The van der Waals surface area contributed by atoms with Crippen molar-refractivity contribution >= 4 is 34.6 Å². The molecule has 36 heavy (non-hydrogen) atoms. The third-order valence-corrected chi connectivity index (χ3v) is 6.73. The van der Waals surface area contributed by atoms with Gasteiger partial charge in [-0.1, -0.05) is 18.2 Å². The average molecular weight is 489 g/mol. The SMILES string of the molecule is CC(C)N1Cc2c(NCc3cnc4ccccc4c3)nc(N3CCN(C(=O)N(C)C)CC3)nc2C1=O. The minimum atomic E-state index is -0.0690. The molecular weight excluding hydrogens is 456 g/mol. The standard InChI is InChI=1S/C26H32N8O2/c1-17(2)34-16-20-22(24(34)35)29-25(32-9-11-33(12-10-32)26(36)31(3)4)30-23(20)28-15-18-13-19-7-5-6-8-21(19)27-14-18/h5-8,13-14,17H,9-12,15-16H2,1-4H3,(H,28,29,30). The summed E-state index contributed by atoms with van der Waals surface area (Å²) in [6, 6.07) is 10.2. The first-order valence-corrected chi connectivity index (χ1v) is 12.3. The number of pyridine rings is 1. The van der Waals surface area contributed by atoms with Crippen LogP contribution in [0, 0.1) is 0 Å². The Bertz CT molecular complexity index is 1300. The monoisotopic (exact) mass is 488 g/mol. The van der Waals surface area contributed by atoms with Crippen LogP contribution >= 0.6 is 0 Å². The highest BCUT2D eigenvalue weighted by molar-refractivity contribution is 5.98. The quantitative estimate of drug-likeness (QED) is 0.590. The molecule has 0 radical (unpaired) electrons. The largest absolute Gasteiger partial charge is 0.365 e. The van der Waals surface area contributed by atoms with E-state index in [1.165, 1.54) is 0 Å². The van der Waals surface area contributed by atoms with Gasteiger partial charge in [0.25, 0.3) is 5.91 Å². The molecule has 1 saturated heterocycles. The number of rotatable bonds is 5. The molecule has 5 rings (SSSR count). The highest BCUT2D eigenvalue weighted by atomic mass is 16.2. The molecular formula is C26H32N8O2. The zero-order valence-corrected chi connectivity index (χ0v) is 21.2. The van der Waals surface area contributed by atoms with Gasteiger partial charge in [0.05, 0.1) is 12.1 Å². The molecule has 1 fully saturated rings. The van der Waals surface area contributed by atoms with Crippen molar-refractivity contribution in [3.63, 3.8) is 0 Å². The van der Waals surface area contributed by atoms with Gasteiger partial charge in [0.1, 0.15) is 11.5 Å². The van der Waals surface area contributed by atoms with Gasteiger partial charge in [-0.2, -0.15) is 4.98 Å². The van der Waals surface area contributed by atoms with E-state index in [4.69, 9.17) is 9.97 Å². The number of nitrogens with one attached hydrogen (secondary N) is 1. The number of benzene rings is 1. The number of amides is 3. The molecule has 0 saturated carbocycles. The molecule has 0 spiro atoms. The van der Waals surface area contributed by atoms with Gasteiger partial charge in [-0.05, 0) is 31.5 Å². The van der Waals surface area contributed by atoms with E-state index in [-0.39, 0.29) is 18.0 Å². The number of nitrogens with zero attached hydrogens (tertiary/aromatic N) is 7. The van der Waals surface area contributed by atoms with Crippen LogP contribution in [0.15, 0.2) is 36.5 Å². The Morgan fingerprint density at radius 2 is 1.86 bits per heavy atom. The normalized spacial score (nSPS) is 15.6. The lowest BCUT2D eigenvalue weighted by Gasteiger charge is -2.36. The number of carbonyl (C=O) groups is 2. The first-order chi connectivity index (χ1) is 17.3. The summed E-state index contributed by atoms with van der Waals surface area (Å²) >= 11 is 0. The molecule has 0 bridgehead atoms. The molecule has 2 aliphatic heterocycles. The van der Waals surface area contributed by atoms with E-state index < -0.39 is 0 Å². The fraction of sp³-hybridized carbons (Fsp3) is 0.423.